The van der Waals surface area contributed by atoms with E-state index in [4.69, 9.17) is 0 Å². The number of H-pyrrole nitrogens is 1. The summed E-state index contributed by atoms with van der Waals surface area (Å²) in [7, 11) is 2.15. The number of aromatic nitrogens is 4. The zero-order valence-corrected chi connectivity index (χ0v) is 17.9. The average Bonchev–Trinajstić information content (AvgIpc) is 3.09. The summed E-state index contributed by atoms with van der Waals surface area (Å²) in [6, 6.07) is 0. The Balaban J connectivity index is 1.91. The molecule has 28 heavy (non-hydrogen) atoms. The molecule has 1 aliphatic rings. The summed E-state index contributed by atoms with van der Waals surface area (Å²) >= 11 is 0. The van der Waals surface area contributed by atoms with Crippen molar-refractivity contribution < 1.29 is 0 Å². The van der Waals surface area contributed by atoms with E-state index in [0.717, 1.165) is 51.4 Å². The maximum Gasteiger partial charge on any atom is 0.332 e. The van der Waals surface area contributed by atoms with Crippen LogP contribution in [-0.2, 0) is 18.5 Å². The van der Waals surface area contributed by atoms with Gasteiger partial charge in [0.25, 0.3) is 5.56 Å². The lowest BCUT2D eigenvalue weighted by Gasteiger charge is -2.32. The molecule has 3 heterocycles. The first-order valence-corrected chi connectivity index (χ1v) is 10.4. The number of hydrogen-bond donors (Lipinski definition) is 1. The van der Waals surface area contributed by atoms with Crippen LogP contribution >= 0.6 is 0 Å². The summed E-state index contributed by atoms with van der Waals surface area (Å²) < 4.78 is 3.04. The van der Waals surface area contributed by atoms with Crippen LogP contribution in [0.1, 0.15) is 46.4 Å². The van der Waals surface area contributed by atoms with Crippen molar-refractivity contribution in [2.75, 3.05) is 39.8 Å². The van der Waals surface area contributed by atoms with Gasteiger partial charge in [-0.2, -0.15) is 0 Å². The van der Waals surface area contributed by atoms with E-state index in [0.29, 0.717) is 24.3 Å². The quantitative estimate of drug-likeness (QED) is 0.803. The largest absolute Gasteiger partial charge is 0.336 e. The van der Waals surface area contributed by atoms with E-state index < -0.39 is 0 Å². The number of aromatic amines is 1. The minimum absolute atomic E-state index is 0.220. The summed E-state index contributed by atoms with van der Waals surface area (Å²) in [6.45, 7) is 14.4. The van der Waals surface area contributed by atoms with Crippen LogP contribution in [0.5, 0.6) is 0 Å². The Hall–Kier alpha value is -1.93. The maximum atomic E-state index is 13.0. The van der Waals surface area contributed by atoms with E-state index >= 15 is 0 Å². The van der Waals surface area contributed by atoms with Crippen LogP contribution in [0, 0.1) is 0 Å². The fourth-order valence-corrected chi connectivity index (χ4v) is 3.67. The van der Waals surface area contributed by atoms with Crippen LogP contribution in [0.3, 0.4) is 0 Å². The molecule has 1 aliphatic heterocycles. The Morgan fingerprint density at radius 1 is 1.00 bits per heavy atom. The summed E-state index contributed by atoms with van der Waals surface area (Å²) in [4.78, 5) is 38.5. The lowest BCUT2D eigenvalue weighted by molar-refractivity contribution is 0.151. The Morgan fingerprint density at radius 3 is 2.29 bits per heavy atom. The molecule has 2 aromatic heterocycles. The van der Waals surface area contributed by atoms with Gasteiger partial charge in [-0.1, -0.05) is 27.7 Å². The smallest absolute Gasteiger partial charge is 0.332 e. The van der Waals surface area contributed by atoms with Gasteiger partial charge in [0.05, 0.1) is 0 Å². The molecule has 0 saturated carbocycles. The average molecular weight is 391 g/mol. The third kappa shape index (κ3) is 4.22. The van der Waals surface area contributed by atoms with E-state index in [9.17, 15) is 9.59 Å². The van der Waals surface area contributed by atoms with E-state index in [1.54, 1.807) is 4.57 Å². The highest BCUT2D eigenvalue weighted by Crippen LogP contribution is 2.20. The normalized spacial score (nSPS) is 16.9. The molecule has 8 nitrogen and oxygen atoms in total. The molecule has 0 atom stereocenters. The van der Waals surface area contributed by atoms with E-state index in [1.807, 2.05) is 27.7 Å². The Bertz CT molecular complexity index is 925. The summed E-state index contributed by atoms with van der Waals surface area (Å²) in [5, 5.41) is 0. The fraction of sp³-hybridized carbons (Fsp3) is 0.750. The third-order valence-corrected chi connectivity index (χ3v) is 5.47. The van der Waals surface area contributed by atoms with Crippen molar-refractivity contribution in [1.29, 1.82) is 0 Å². The van der Waals surface area contributed by atoms with Crippen LogP contribution in [-0.4, -0.2) is 68.7 Å². The van der Waals surface area contributed by atoms with Crippen LogP contribution in [0.15, 0.2) is 9.59 Å². The Labute approximate surface area is 166 Å². The van der Waals surface area contributed by atoms with Crippen molar-refractivity contribution in [3.8, 4) is 0 Å². The lowest BCUT2D eigenvalue weighted by atomic mass is 9.96. The molecule has 0 bridgehead atoms. The number of piperazine rings is 1. The van der Waals surface area contributed by atoms with Gasteiger partial charge < -0.3 is 14.8 Å². The lowest BCUT2D eigenvalue weighted by Crippen LogP contribution is -2.45. The number of fused-ring (bicyclic) bond motifs is 1. The monoisotopic (exact) mass is 390 g/mol. The molecule has 0 aliphatic carbocycles. The molecule has 1 fully saturated rings. The molecule has 2 aromatic rings. The van der Waals surface area contributed by atoms with E-state index in [2.05, 4.69) is 26.8 Å². The molecule has 0 unspecified atom stereocenters. The van der Waals surface area contributed by atoms with Crippen molar-refractivity contribution in [3.63, 3.8) is 0 Å². The molecule has 0 amide bonds. The van der Waals surface area contributed by atoms with Crippen LogP contribution in [0.4, 0.5) is 0 Å². The fourth-order valence-electron chi connectivity index (χ4n) is 3.67. The second kappa shape index (κ2) is 8.21. The zero-order chi connectivity index (χ0) is 20.5. The summed E-state index contributed by atoms with van der Waals surface area (Å²) in [6.07, 6.45) is 1.60. The summed E-state index contributed by atoms with van der Waals surface area (Å²) in [5.74, 6) is 0.737. The Kier molecular flexibility index (Phi) is 6.09. The first-order valence-electron chi connectivity index (χ1n) is 10.4. The highest BCUT2D eigenvalue weighted by molar-refractivity contribution is 5.70. The van der Waals surface area contributed by atoms with Gasteiger partial charge in [-0.05, 0) is 26.4 Å². The molecule has 3 rings (SSSR count). The molecule has 156 valence electrons. The van der Waals surface area contributed by atoms with Crippen LogP contribution in [0.2, 0.25) is 0 Å². The van der Waals surface area contributed by atoms with Gasteiger partial charge in [0, 0.05) is 44.7 Å². The minimum atomic E-state index is -0.264. The number of imidazole rings is 1. The van der Waals surface area contributed by atoms with Gasteiger partial charge in [0.15, 0.2) is 5.65 Å². The van der Waals surface area contributed by atoms with Crippen molar-refractivity contribution >= 4 is 11.2 Å². The van der Waals surface area contributed by atoms with E-state index in [1.165, 1.54) is 4.57 Å². The number of rotatable bonds is 6. The first kappa shape index (κ1) is 20.8. The van der Waals surface area contributed by atoms with Crippen LogP contribution < -0.4 is 11.2 Å². The molecule has 0 aromatic carbocycles. The first-order chi connectivity index (χ1) is 13.2. The van der Waals surface area contributed by atoms with Crippen molar-refractivity contribution in [1.82, 2.24) is 28.9 Å². The molecular weight excluding hydrogens is 356 g/mol. The molecule has 1 N–H and O–H groups in total. The van der Waals surface area contributed by atoms with Gasteiger partial charge >= 0.3 is 5.69 Å². The van der Waals surface area contributed by atoms with Gasteiger partial charge in [0.2, 0.25) is 0 Å². The highest BCUT2D eigenvalue weighted by atomic mass is 16.2. The topological polar surface area (TPSA) is 79.2 Å². The van der Waals surface area contributed by atoms with Gasteiger partial charge in [-0.15, -0.1) is 0 Å². The maximum absolute atomic E-state index is 13.0. The SMILES string of the molecule is CCCn1c(=O)c2[nH]c(C(C)(C)C)nc2n(CCCN2CCN(C)CC2)c1=O. The molecular formula is C20H34N6O2. The molecule has 0 spiro atoms. The van der Waals surface area contributed by atoms with Crippen molar-refractivity contribution in [2.45, 2.75) is 59.0 Å². The number of likely N-dealkylation sites (N-methyl/N-ethyl adjacent to an activating group) is 1. The Morgan fingerprint density at radius 2 is 1.68 bits per heavy atom. The molecule has 8 heteroatoms. The predicted molar refractivity (Wildman–Crippen MR) is 112 cm³/mol. The summed E-state index contributed by atoms with van der Waals surface area (Å²) in [5.41, 5.74) is 0.204. The van der Waals surface area contributed by atoms with Gasteiger partial charge in [0.1, 0.15) is 11.3 Å². The number of nitrogens with zero attached hydrogens (tertiary/aromatic N) is 5. The standard InChI is InChI=1S/C20H34N6O2/c1-6-8-26-17(27)15-16(22-18(21-15)20(2,3)4)25(19(26)28)10-7-9-24-13-11-23(5)12-14-24/h6-14H2,1-5H3,(H,21,22). The second-order valence-electron chi connectivity index (χ2n) is 8.92. The van der Waals surface area contributed by atoms with Crippen molar-refractivity contribution in [2.24, 2.45) is 0 Å². The number of nitrogens with one attached hydrogen (secondary N) is 1. The van der Waals surface area contributed by atoms with E-state index in [-0.39, 0.29) is 16.7 Å². The van der Waals surface area contributed by atoms with Crippen molar-refractivity contribution in [3.05, 3.63) is 26.7 Å². The predicted octanol–water partition coefficient (Wildman–Crippen LogP) is 1.23. The highest BCUT2D eigenvalue weighted by Gasteiger charge is 2.23. The van der Waals surface area contributed by atoms with Gasteiger partial charge in [-0.25, -0.2) is 9.78 Å². The minimum Gasteiger partial charge on any atom is -0.336 e. The second-order valence-corrected chi connectivity index (χ2v) is 8.92. The van der Waals surface area contributed by atoms with Crippen LogP contribution in [0.25, 0.3) is 11.2 Å². The zero-order valence-electron chi connectivity index (χ0n) is 17.9. The molecule has 0 radical (unpaired) electrons. The number of hydrogen-bond acceptors (Lipinski definition) is 5. The van der Waals surface area contributed by atoms with Gasteiger partial charge in [-0.3, -0.25) is 13.9 Å². The molecule has 1 saturated heterocycles. The number of aryl methyl sites for hydroxylation is 1. The third-order valence-electron chi connectivity index (χ3n) is 5.47.